The standard InChI is InChI=1S/C12H23N3/c1-5-12-14-7-8-15(12)11(10(3)4)9-13-6-2/h7-8,10-11,13H,5-6,9H2,1-4H3. The highest BCUT2D eigenvalue weighted by Crippen LogP contribution is 2.18. The van der Waals surface area contributed by atoms with E-state index in [1.165, 1.54) is 5.82 Å². The molecule has 0 fully saturated rings. The van der Waals surface area contributed by atoms with E-state index in [4.69, 9.17) is 0 Å². The minimum Gasteiger partial charge on any atom is -0.330 e. The Morgan fingerprint density at radius 3 is 2.67 bits per heavy atom. The van der Waals surface area contributed by atoms with Gasteiger partial charge >= 0.3 is 0 Å². The molecule has 1 unspecified atom stereocenters. The van der Waals surface area contributed by atoms with Gasteiger partial charge in [-0.2, -0.15) is 0 Å². The summed E-state index contributed by atoms with van der Waals surface area (Å²) in [4.78, 5) is 4.38. The summed E-state index contributed by atoms with van der Waals surface area (Å²) in [5, 5.41) is 3.42. The van der Waals surface area contributed by atoms with E-state index >= 15 is 0 Å². The van der Waals surface area contributed by atoms with Crippen LogP contribution in [-0.2, 0) is 6.42 Å². The third kappa shape index (κ3) is 3.06. The normalized spacial score (nSPS) is 13.4. The van der Waals surface area contributed by atoms with Crippen LogP contribution in [0.4, 0.5) is 0 Å². The van der Waals surface area contributed by atoms with Gasteiger partial charge in [0, 0.05) is 31.4 Å². The first kappa shape index (κ1) is 12.2. The number of nitrogens with one attached hydrogen (secondary N) is 1. The summed E-state index contributed by atoms with van der Waals surface area (Å²) < 4.78 is 2.31. The number of hydrogen-bond donors (Lipinski definition) is 1. The molecule has 1 N–H and O–H groups in total. The van der Waals surface area contributed by atoms with Crippen molar-refractivity contribution in [3.8, 4) is 0 Å². The Bertz CT molecular complexity index is 278. The highest BCUT2D eigenvalue weighted by molar-refractivity contribution is 4.96. The summed E-state index contributed by atoms with van der Waals surface area (Å²) in [6.07, 6.45) is 5.00. The Hall–Kier alpha value is -0.830. The monoisotopic (exact) mass is 209 g/mol. The zero-order valence-electron chi connectivity index (χ0n) is 10.3. The maximum atomic E-state index is 4.38. The summed E-state index contributed by atoms with van der Waals surface area (Å²) in [7, 11) is 0. The van der Waals surface area contributed by atoms with Gasteiger partial charge in [-0.05, 0) is 12.5 Å². The Balaban J connectivity index is 2.78. The summed E-state index contributed by atoms with van der Waals surface area (Å²) in [6, 6.07) is 0.516. The van der Waals surface area contributed by atoms with E-state index in [0.717, 1.165) is 19.5 Å². The van der Waals surface area contributed by atoms with Gasteiger partial charge in [-0.3, -0.25) is 0 Å². The molecule has 3 heteroatoms. The van der Waals surface area contributed by atoms with Crippen molar-refractivity contribution < 1.29 is 0 Å². The molecule has 1 heterocycles. The number of imidazole rings is 1. The number of hydrogen-bond acceptors (Lipinski definition) is 2. The van der Waals surface area contributed by atoms with Crippen LogP contribution in [0.3, 0.4) is 0 Å². The zero-order chi connectivity index (χ0) is 11.3. The molecule has 0 bridgehead atoms. The fourth-order valence-corrected chi connectivity index (χ4v) is 1.87. The number of rotatable bonds is 6. The van der Waals surface area contributed by atoms with E-state index in [1.54, 1.807) is 0 Å². The molecule has 1 aromatic rings. The van der Waals surface area contributed by atoms with Crippen LogP contribution in [0.1, 0.15) is 39.6 Å². The fourth-order valence-electron chi connectivity index (χ4n) is 1.87. The lowest BCUT2D eigenvalue weighted by Crippen LogP contribution is -2.29. The Morgan fingerprint density at radius 1 is 1.40 bits per heavy atom. The second-order valence-corrected chi connectivity index (χ2v) is 4.22. The Labute approximate surface area is 92.9 Å². The average molecular weight is 209 g/mol. The topological polar surface area (TPSA) is 29.9 Å². The van der Waals surface area contributed by atoms with Crippen molar-refractivity contribution in [2.24, 2.45) is 5.92 Å². The van der Waals surface area contributed by atoms with Gasteiger partial charge in [-0.15, -0.1) is 0 Å². The third-order valence-corrected chi connectivity index (χ3v) is 2.80. The van der Waals surface area contributed by atoms with Crippen LogP contribution in [0.25, 0.3) is 0 Å². The SMILES string of the molecule is CCNCC(C(C)C)n1ccnc1CC. The largest absolute Gasteiger partial charge is 0.330 e. The van der Waals surface area contributed by atoms with Crippen LogP contribution < -0.4 is 5.32 Å². The molecule has 1 atom stereocenters. The number of aromatic nitrogens is 2. The maximum absolute atomic E-state index is 4.38. The molecular formula is C12H23N3. The minimum absolute atomic E-state index is 0.516. The smallest absolute Gasteiger partial charge is 0.108 e. The molecule has 86 valence electrons. The van der Waals surface area contributed by atoms with Crippen LogP contribution >= 0.6 is 0 Å². The number of aryl methyl sites for hydroxylation is 1. The summed E-state index contributed by atoms with van der Waals surface area (Å²) in [5.41, 5.74) is 0. The van der Waals surface area contributed by atoms with Crippen LogP contribution in [0.2, 0.25) is 0 Å². The van der Waals surface area contributed by atoms with Crippen LogP contribution in [0, 0.1) is 5.92 Å². The van der Waals surface area contributed by atoms with Gasteiger partial charge in [-0.25, -0.2) is 4.98 Å². The molecule has 0 aliphatic heterocycles. The van der Waals surface area contributed by atoms with Crippen molar-refractivity contribution in [1.82, 2.24) is 14.9 Å². The molecule has 0 saturated heterocycles. The molecule has 0 radical (unpaired) electrons. The van der Waals surface area contributed by atoms with Crippen molar-refractivity contribution in [3.05, 3.63) is 18.2 Å². The highest BCUT2D eigenvalue weighted by Gasteiger charge is 2.16. The van der Waals surface area contributed by atoms with Gasteiger partial charge < -0.3 is 9.88 Å². The molecular weight excluding hydrogens is 186 g/mol. The highest BCUT2D eigenvalue weighted by atomic mass is 15.1. The molecule has 0 aromatic carbocycles. The van der Waals surface area contributed by atoms with Crippen molar-refractivity contribution in [1.29, 1.82) is 0 Å². The van der Waals surface area contributed by atoms with Gasteiger partial charge in [0.25, 0.3) is 0 Å². The molecule has 0 aliphatic rings. The lowest BCUT2D eigenvalue weighted by atomic mass is 10.0. The molecule has 1 rings (SSSR count). The van der Waals surface area contributed by atoms with Crippen LogP contribution in [0.5, 0.6) is 0 Å². The maximum Gasteiger partial charge on any atom is 0.108 e. The third-order valence-electron chi connectivity index (χ3n) is 2.80. The molecule has 3 nitrogen and oxygen atoms in total. The Morgan fingerprint density at radius 2 is 2.13 bits per heavy atom. The molecule has 1 aromatic heterocycles. The van der Waals surface area contributed by atoms with Gasteiger partial charge in [0.15, 0.2) is 0 Å². The van der Waals surface area contributed by atoms with E-state index in [1.807, 2.05) is 6.20 Å². The quantitative estimate of drug-likeness (QED) is 0.779. The first-order valence-corrected chi connectivity index (χ1v) is 5.93. The molecule has 0 aliphatic carbocycles. The van der Waals surface area contributed by atoms with Crippen LogP contribution in [-0.4, -0.2) is 22.6 Å². The van der Waals surface area contributed by atoms with Gasteiger partial charge in [0.05, 0.1) is 0 Å². The summed E-state index contributed by atoms with van der Waals surface area (Å²) in [5.74, 6) is 1.81. The lowest BCUT2D eigenvalue weighted by molar-refractivity contribution is 0.351. The van der Waals surface area contributed by atoms with E-state index in [2.05, 4.69) is 48.8 Å². The van der Waals surface area contributed by atoms with Gasteiger partial charge in [-0.1, -0.05) is 27.7 Å². The molecule has 0 spiro atoms. The van der Waals surface area contributed by atoms with Crippen molar-refractivity contribution in [2.45, 2.75) is 40.2 Å². The second kappa shape index (κ2) is 5.91. The summed E-state index contributed by atoms with van der Waals surface area (Å²) in [6.45, 7) is 10.9. The fraction of sp³-hybridized carbons (Fsp3) is 0.750. The van der Waals surface area contributed by atoms with E-state index in [-0.39, 0.29) is 0 Å². The molecule has 0 amide bonds. The summed E-state index contributed by atoms with van der Waals surface area (Å²) >= 11 is 0. The number of likely N-dealkylation sites (N-methyl/N-ethyl adjacent to an activating group) is 1. The minimum atomic E-state index is 0.516. The zero-order valence-corrected chi connectivity index (χ0v) is 10.3. The predicted octanol–water partition coefficient (Wildman–Crippen LogP) is 2.25. The Kier molecular flexibility index (Phi) is 4.82. The average Bonchev–Trinajstić information content (AvgIpc) is 2.66. The second-order valence-electron chi connectivity index (χ2n) is 4.22. The van der Waals surface area contributed by atoms with Crippen molar-refractivity contribution in [2.75, 3.05) is 13.1 Å². The van der Waals surface area contributed by atoms with Gasteiger partial charge in [0.1, 0.15) is 5.82 Å². The molecule has 15 heavy (non-hydrogen) atoms. The molecule has 0 saturated carbocycles. The predicted molar refractivity (Wildman–Crippen MR) is 64.0 cm³/mol. The van der Waals surface area contributed by atoms with E-state index in [0.29, 0.717) is 12.0 Å². The first-order valence-electron chi connectivity index (χ1n) is 5.93. The van der Waals surface area contributed by atoms with Crippen molar-refractivity contribution >= 4 is 0 Å². The van der Waals surface area contributed by atoms with E-state index < -0.39 is 0 Å². The lowest BCUT2D eigenvalue weighted by Gasteiger charge is -2.24. The number of nitrogens with zero attached hydrogens (tertiary/aromatic N) is 2. The van der Waals surface area contributed by atoms with Crippen molar-refractivity contribution in [3.63, 3.8) is 0 Å². The first-order chi connectivity index (χ1) is 7.20. The van der Waals surface area contributed by atoms with Gasteiger partial charge in [0.2, 0.25) is 0 Å². The van der Waals surface area contributed by atoms with E-state index in [9.17, 15) is 0 Å². The van der Waals surface area contributed by atoms with Crippen LogP contribution in [0.15, 0.2) is 12.4 Å².